The van der Waals surface area contributed by atoms with Crippen molar-refractivity contribution in [3.8, 4) is 0 Å². The summed E-state index contributed by atoms with van der Waals surface area (Å²) in [7, 11) is 0. The highest BCUT2D eigenvalue weighted by molar-refractivity contribution is 5.68. The van der Waals surface area contributed by atoms with Crippen LogP contribution >= 0.6 is 0 Å². The summed E-state index contributed by atoms with van der Waals surface area (Å²) in [4.78, 5) is 0. The Hall–Kier alpha value is -1.64. The van der Waals surface area contributed by atoms with Gasteiger partial charge in [0.2, 0.25) is 0 Å². The number of unbranched alkanes of at least 4 members (excludes halogenated alkanes) is 2. The lowest BCUT2D eigenvalue weighted by atomic mass is 9.87. The Morgan fingerprint density at radius 2 is 2.03 bits per heavy atom. The molecule has 1 aromatic carbocycles. The molecule has 1 aromatic rings. The average Bonchev–Trinajstić information content (AvgIpc) is 2.67. The lowest BCUT2D eigenvalue weighted by molar-refractivity contribution is 0.0681. The number of hydrogen-bond donors (Lipinski definition) is 2. The van der Waals surface area contributed by atoms with E-state index in [4.69, 9.17) is 0 Å². The second kappa shape index (κ2) is 11.5. The molecule has 1 atom stereocenters. The molecule has 2 N–H and O–H groups in total. The number of allylic oxidation sites excluding steroid dienone is 3. The fourth-order valence-corrected chi connectivity index (χ4v) is 4.01. The summed E-state index contributed by atoms with van der Waals surface area (Å²) in [6.45, 7) is 10.1. The van der Waals surface area contributed by atoms with E-state index in [-0.39, 0.29) is 6.10 Å². The molecule has 0 bridgehead atoms. The Labute approximate surface area is 178 Å². The minimum Gasteiger partial charge on any atom is -0.390 e. The summed E-state index contributed by atoms with van der Waals surface area (Å²) < 4.78 is 0. The van der Waals surface area contributed by atoms with Gasteiger partial charge in [-0.1, -0.05) is 69.2 Å². The molecule has 0 radical (unpaired) electrons. The van der Waals surface area contributed by atoms with Gasteiger partial charge in [-0.3, -0.25) is 0 Å². The van der Waals surface area contributed by atoms with E-state index in [2.05, 4.69) is 49.9 Å². The summed E-state index contributed by atoms with van der Waals surface area (Å²) in [6, 6.07) is 8.94. The molecule has 29 heavy (non-hydrogen) atoms. The Morgan fingerprint density at radius 3 is 2.76 bits per heavy atom. The summed E-state index contributed by atoms with van der Waals surface area (Å²) in [6.07, 6.45) is 14.4. The maximum absolute atomic E-state index is 10.1. The highest BCUT2D eigenvalue weighted by Crippen LogP contribution is 2.29. The largest absolute Gasteiger partial charge is 0.390 e. The van der Waals surface area contributed by atoms with Gasteiger partial charge in [-0.05, 0) is 86.6 Å². The van der Waals surface area contributed by atoms with Gasteiger partial charge < -0.3 is 10.2 Å². The molecular weight excluding hydrogens is 356 g/mol. The lowest BCUT2D eigenvalue weighted by Gasteiger charge is -2.22. The second-order valence-electron chi connectivity index (χ2n) is 9.14. The predicted molar refractivity (Wildman–Crippen MR) is 125 cm³/mol. The molecule has 2 nitrogen and oxygen atoms in total. The first-order chi connectivity index (χ1) is 13.8. The van der Waals surface area contributed by atoms with Crippen LogP contribution in [0.1, 0.15) is 89.7 Å². The van der Waals surface area contributed by atoms with Gasteiger partial charge in [-0.15, -0.1) is 0 Å². The molecular formula is C27H40O2. The molecule has 0 amide bonds. The van der Waals surface area contributed by atoms with Crippen molar-refractivity contribution < 1.29 is 10.2 Å². The number of benzene rings is 1. The van der Waals surface area contributed by atoms with Crippen molar-refractivity contribution in [1.29, 1.82) is 0 Å². The maximum atomic E-state index is 10.1. The average molecular weight is 397 g/mol. The fraction of sp³-hybridized carbons (Fsp3) is 0.556. The van der Waals surface area contributed by atoms with Crippen molar-refractivity contribution in [1.82, 2.24) is 0 Å². The maximum Gasteiger partial charge on any atom is 0.0787 e. The molecule has 2 heteroatoms. The summed E-state index contributed by atoms with van der Waals surface area (Å²) >= 11 is 0. The monoisotopic (exact) mass is 396 g/mol. The van der Waals surface area contributed by atoms with Crippen LogP contribution in [-0.4, -0.2) is 21.9 Å². The minimum absolute atomic E-state index is 0.377. The van der Waals surface area contributed by atoms with E-state index in [9.17, 15) is 10.2 Å². The quantitative estimate of drug-likeness (QED) is 0.428. The molecule has 0 aliphatic heterocycles. The normalized spacial score (nSPS) is 19.8. The van der Waals surface area contributed by atoms with Crippen molar-refractivity contribution in [3.63, 3.8) is 0 Å². The molecule has 160 valence electrons. The van der Waals surface area contributed by atoms with Gasteiger partial charge in [-0.2, -0.15) is 0 Å². The molecule has 0 saturated heterocycles. The molecule has 1 unspecified atom stereocenters. The fourth-order valence-electron chi connectivity index (χ4n) is 4.01. The highest BCUT2D eigenvalue weighted by Gasteiger charge is 2.18. The van der Waals surface area contributed by atoms with Gasteiger partial charge in [0, 0.05) is 0 Å². The van der Waals surface area contributed by atoms with Gasteiger partial charge in [0.25, 0.3) is 0 Å². The van der Waals surface area contributed by atoms with E-state index in [1.807, 2.05) is 13.8 Å². The van der Waals surface area contributed by atoms with Gasteiger partial charge >= 0.3 is 0 Å². The standard InChI is InChI=1S/C27H40O2/c1-5-11-24(18-17-23-14-10-16-26(28)21(23)2)25-15-9-13-22(20-25)12-7-6-8-19-27(3,4)29/h9,13,15,17-18,20,26,28-29H,2,5-8,10-12,14,16,19H2,1,3-4H3/b23-17-,24-18+. The first-order valence-corrected chi connectivity index (χ1v) is 11.4. The van der Waals surface area contributed by atoms with E-state index in [0.717, 1.165) is 69.8 Å². The zero-order valence-electron chi connectivity index (χ0n) is 18.7. The van der Waals surface area contributed by atoms with Crippen LogP contribution in [0.3, 0.4) is 0 Å². The number of aliphatic hydroxyl groups is 2. The van der Waals surface area contributed by atoms with Crippen molar-refractivity contribution in [2.45, 2.75) is 96.7 Å². The van der Waals surface area contributed by atoms with E-state index >= 15 is 0 Å². The zero-order chi connectivity index (χ0) is 21.3. The number of aryl methyl sites for hydroxylation is 1. The molecule has 1 saturated carbocycles. The van der Waals surface area contributed by atoms with Gasteiger partial charge in [0.05, 0.1) is 11.7 Å². The van der Waals surface area contributed by atoms with Gasteiger partial charge in [0.15, 0.2) is 0 Å². The van der Waals surface area contributed by atoms with Crippen molar-refractivity contribution in [2.75, 3.05) is 0 Å². The summed E-state index contributed by atoms with van der Waals surface area (Å²) in [5.41, 5.74) is 5.59. The van der Waals surface area contributed by atoms with Crippen LogP contribution in [-0.2, 0) is 6.42 Å². The molecule has 0 heterocycles. The molecule has 1 aliphatic carbocycles. The molecule has 2 rings (SSSR count). The van der Waals surface area contributed by atoms with Crippen molar-refractivity contribution in [3.05, 3.63) is 65.3 Å². The Balaban J connectivity index is 2.03. The van der Waals surface area contributed by atoms with Gasteiger partial charge in [0.1, 0.15) is 0 Å². The van der Waals surface area contributed by atoms with Crippen molar-refractivity contribution in [2.24, 2.45) is 0 Å². The van der Waals surface area contributed by atoms with Crippen LogP contribution in [0.25, 0.3) is 5.57 Å². The van der Waals surface area contributed by atoms with Crippen molar-refractivity contribution >= 4 is 5.57 Å². The third-order valence-electron chi connectivity index (χ3n) is 5.80. The first kappa shape index (κ1) is 23.6. The van der Waals surface area contributed by atoms with E-state index in [1.54, 1.807) is 0 Å². The van der Waals surface area contributed by atoms with Gasteiger partial charge in [-0.25, -0.2) is 0 Å². The SMILES string of the molecule is C=C1/C(=C\C=C(/CCC)c2cccc(CCCCCC(C)(C)O)c2)CCCC1O. The molecule has 0 aromatic heterocycles. The molecule has 1 aliphatic rings. The Bertz CT molecular complexity index is 718. The van der Waals surface area contributed by atoms with Crippen LogP contribution in [0.2, 0.25) is 0 Å². The van der Waals surface area contributed by atoms with E-state index in [1.165, 1.54) is 22.3 Å². The number of rotatable bonds is 10. The zero-order valence-corrected chi connectivity index (χ0v) is 18.7. The van der Waals surface area contributed by atoms with Crippen LogP contribution < -0.4 is 0 Å². The Morgan fingerprint density at radius 1 is 1.24 bits per heavy atom. The molecule has 1 fully saturated rings. The third kappa shape index (κ3) is 8.32. The minimum atomic E-state index is -0.548. The number of aliphatic hydroxyl groups excluding tert-OH is 1. The number of hydrogen-bond acceptors (Lipinski definition) is 2. The van der Waals surface area contributed by atoms with E-state index < -0.39 is 5.60 Å². The lowest BCUT2D eigenvalue weighted by Crippen LogP contribution is -2.17. The first-order valence-electron chi connectivity index (χ1n) is 11.4. The Kier molecular flexibility index (Phi) is 9.39. The van der Waals surface area contributed by atoms with Crippen LogP contribution in [0, 0.1) is 0 Å². The van der Waals surface area contributed by atoms with Crippen LogP contribution in [0.15, 0.2) is 54.1 Å². The topological polar surface area (TPSA) is 40.5 Å². The summed E-state index contributed by atoms with van der Waals surface area (Å²) in [5.74, 6) is 0. The highest BCUT2D eigenvalue weighted by atomic mass is 16.3. The smallest absolute Gasteiger partial charge is 0.0787 e. The summed E-state index contributed by atoms with van der Waals surface area (Å²) in [5, 5.41) is 19.9. The predicted octanol–water partition coefficient (Wildman–Crippen LogP) is 6.77. The van der Waals surface area contributed by atoms with Crippen LogP contribution in [0.4, 0.5) is 0 Å². The van der Waals surface area contributed by atoms with Crippen LogP contribution in [0.5, 0.6) is 0 Å². The van der Waals surface area contributed by atoms with E-state index in [0.29, 0.717) is 0 Å². The molecule has 0 spiro atoms. The third-order valence-corrected chi connectivity index (χ3v) is 5.80. The second-order valence-corrected chi connectivity index (χ2v) is 9.14.